The molecule has 2 rings (SSSR count). The zero-order valence-corrected chi connectivity index (χ0v) is 11.7. The van der Waals surface area contributed by atoms with Crippen LogP contribution in [0.3, 0.4) is 0 Å². The number of alkyl halides is 1. The zero-order valence-electron chi connectivity index (χ0n) is 11.7. The Bertz CT molecular complexity index is 498. The van der Waals surface area contributed by atoms with Crippen molar-refractivity contribution in [2.24, 2.45) is 0 Å². The Morgan fingerprint density at radius 2 is 1.70 bits per heavy atom. The minimum atomic E-state index is -0.370. The fourth-order valence-corrected chi connectivity index (χ4v) is 2.09. The molecule has 1 atom stereocenters. The van der Waals surface area contributed by atoms with Crippen molar-refractivity contribution >= 4 is 0 Å². The van der Waals surface area contributed by atoms with Gasteiger partial charge in [0.05, 0.1) is 7.11 Å². The summed E-state index contributed by atoms with van der Waals surface area (Å²) in [7, 11) is 1.65. The highest BCUT2D eigenvalue weighted by Gasteiger charge is 2.08. The van der Waals surface area contributed by atoms with Gasteiger partial charge >= 0.3 is 0 Å². The van der Waals surface area contributed by atoms with Crippen molar-refractivity contribution in [1.82, 2.24) is 5.32 Å². The number of rotatable bonds is 7. The second kappa shape index (κ2) is 7.65. The van der Waals surface area contributed by atoms with Gasteiger partial charge in [-0.3, -0.25) is 0 Å². The highest BCUT2D eigenvalue weighted by molar-refractivity contribution is 5.27. The van der Waals surface area contributed by atoms with Crippen LogP contribution in [0, 0.1) is 0 Å². The molecule has 20 heavy (non-hydrogen) atoms. The first kappa shape index (κ1) is 14.5. The molecule has 1 N–H and O–H groups in total. The predicted molar refractivity (Wildman–Crippen MR) is 79.7 cm³/mol. The van der Waals surface area contributed by atoms with Crippen LogP contribution in [0.1, 0.15) is 11.1 Å². The summed E-state index contributed by atoms with van der Waals surface area (Å²) in [5.41, 5.74) is 2.27. The third-order valence-electron chi connectivity index (χ3n) is 3.27. The first-order valence-corrected chi connectivity index (χ1v) is 6.78. The minimum Gasteiger partial charge on any atom is -0.497 e. The Morgan fingerprint density at radius 1 is 1.00 bits per heavy atom. The first-order chi connectivity index (χ1) is 9.81. The molecule has 0 unspecified atom stereocenters. The Balaban J connectivity index is 1.86. The molecule has 0 saturated heterocycles. The van der Waals surface area contributed by atoms with Crippen LogP contribution in [0.4, 0.5) is 4.39 Å². The fourth-order valence-electron chi connectivity index (χ4n) is 2.09. The van der Waals surface area contributed by atoms with Crippen LogP contribution in [0.15, 0.2) is 54.6 Å². The van der Waals surface area contributed by atoms with Crippen molar-refractivity contribution in [3.63, 3.8) is 0 Å². The van der Waals surface area contributed by atoms with Gasteiger partial charge in [-0.1, -0.05) is 42.5 Å². The van der Waals surface area contributed by atoms with Crippen LogP contribution in [-0.4, -0.2) is 19.8 Å². The lowest BCUT2D eigenvalue weighted by Crippen LogP contribution is -2.32. The maximum Gasteiger partial charge on any atom is 0.118 e. The normalized spacial score (nSPS) is 12.1. The summed E-state index contributed by atoms with van der Waals surface area (Å²) in [5.74, 6) is 0.833. The van der Waals surface area contributed by atoms with E-state index in [1.54, 1.807) is 7.11 Å². The van der Waals surface area contributed by atoms with E-state index in [0.717, 1.165) is 16.9 Å². The van der Waals surface area contributed by atoms with Crippen LogP contribution in [0.2, 0.25) is 0 Å². The molecule has 2 aromatic rings. The van der Waals surface area contributed by atoms with Crippen molar-refractivity contribution in [3.05, 3.63) is 65.7 Å². The third kappa shape index (κ3) is 4.35. The van der Waals surface area contributed by atoms with Gasteiger partial charge in [-0.2, -0.15) is 0 Å². The number of halogens is 1. The zero-order chi connectivity index (χ0) is 14.2. The lowest BCUT2D eigenvalue weighted by molar-refractivity contribution is 0.370. The van der Waals surface area contributed by atoms with Crippen molar-refractivity contribution in [2.75, 3.05) is 13.8 Å². The summed E-state index contributed by atoms with van der Waals surface area (Å²) in [4.78, 5) is 0. The fraction of sp³-hybridized carbons (Fsp3) is 0.294. The van der Waals surface area contributed by atoms with E-state index in [1.807, 2.05) is 54.6 Å². The molecule has 0 heterocycles. The second-order valence-corrected chi connectivity index (χ2v) is 4.77. The summed E-state index contributed by atoms with van der Waals surface area (Å²) >= 11 is 0. The summed E-state index contributed by atoms with van der Waals surface area (Å²) < 4.78 is 18.2. The summed E-state index contributed by atoms with van der Waals surface area (Å²) in [6, 6.07) is 17.6. The predicted octanol–water partition coefficient (Wildman–Crippen LogP) is 3.37. The maximum absolute atomic E-state index is 13.1. The minimum absolute atomic E-state index is 0.153. The van der Waals surface area contributed by atoms with Crippen LogP contribution in [0.5, 0.6) is 5.75 Å². The molecule has 0 aliphatic rings. The van der Waals surface area contributed by atoms with Gasteiger partial charge in [-0.25, -0.2) is 4.39 Å². The first-order valence-electron chi connectivity index (χ1n) is 6.78. The lowest BCUT2D eigenvalue weighted by atomic mass is 10.1. The molecule has 0 aliphatic carbocycles. The molecular weight excluding hydrogens is 253 g/mol. The van der Waals surface area contributed by atoms with E-state index in [0.29, 0.717) is 13.0 Å². The molecule has 0 fully saturated rings. The molecule has 0 aliphatic heterocycles. The van der Waals surface area contributed by atoms with Crippen LogP contribution in [-0.2, 0) is 13.0 Å². The molecule has 3 heteroatoms. The van der Waals surface area contributed by atoms with E-state index in [2.05, 4.69) is 5.32 Å². The highest BCUT2D eigenvalue weighted by Crippen LogP contribution is 2.11. The standard InChI is InChI=1S/C17H20FNO/c1-20-17-9-7-15(8-10-17)13-19-16(12-18)11-14-5-3-2-4-6-14/h2-10,16,19H,11-13H2,1H3/t16-/m0/s1. The smallest absolute Gasteiger partial charge is 0.118 e. The molecule has 0 saturated carbocycles. The molecule has 0 radical (unpaired) electrons. The topological polar surface area (TPSA) is 21.3 Å². The van der Waals surface area contributed by atoms with Crippen LogP contribution >= 0.6 is 0 Å². The van der Waals surface area contributed by atoms with E-state index in [1.165, 1.54) is 0 Å². The average molecular weight is 273 g/mol. The van der Waals surface area contributed by atoms with Gasteiger partial charge in [0.1, 0.15) is 12.4 Å². The van der Waals surface area contributed by atoms with Crippen molar-refractivity contribution in [1.29, 1.82) is 0 Å². The largest absolute Gasteiger partial charge is 0.497 e. The molecule has 0 bridgehead atoms. The summed E-state index contributed by atoms with van der Waals surface area (Å²) in [6.07, 6.45) is 0.702. The average Bonchev–Trinajstić information content (AvgIpc) is 2.53. The summed E-state index contributed by atoms with van der Waals surface area (Å²) in [6.45, 7) is 0.288. The molecule has 2 nitrogen and oxygen atoms in total. The van der Waals surface area contributed by atoms with Crippen molar-refractivity contribution in [3.8, 4) is 5.75 Å². The van der Waals surface area contributed by atoms with Gasteiger partial charge in [-0.15, -0.1) is 0 Å². The van der Waals surface area contributed by atoms with Crippen LogP contribution in [0.25, 0.3) is 0 Å². The molecule has 2 aromatic carbocycles. The summed E-state index contributed by atoms with van der Waals surface area (Å²) in [5, 5.41) is 3.26. The number of ether oxygens (including phenoxy) is 1. The third-order valence-corrected chi connectivity index (χ3v) is 3.27. The van der Waals surface area contributed by atoms with Gasteiger partial charge in [0.2, 0.25) is 0 Å². The number of hydrogen-bond acceptors (Lipinski definition) is 2. The molecular formula is C17H20FNO. The van der Waals surface area contributed by atoms with Gasteiger partial charge < -0.3 is 10.1 Å². The Kier molecular flexibility index (Phi) is 5.56. The molecule has 0 aromatic heterocycles. The quantitative estimate of drug-likeness (QED) is 0.835. The SMILES string of the molecule is COc1ccc(CN[C@H](CF)Cc2ccccc2)cc1. The van der Waals surface area contributed by atoms with E-state index in [-0.39, 0.29) is 12.7 Å². The van der Waals surface area contributed by atoms with Crippen LogP contribution < -0.4 is 10.1 Å². The second-order valence-electron chi connectivity index (χ2n) is 4.77. The van der Waals surface area contributed by atoms with Crippen molar-refractivity contribution in [2.45, 2.75) is 19.0 Å². The van der Waals surface area contributed by atoms with E-state index >= 15 is 0 Å². The molecule has 0 amide bonds. The van der Waals surface area contributed by atoms with Gasteiger partial charge in [0.25, 0.3) is 0 Å². The number of nitrogens with one attached hydrogen (secondary N) is 1. The van der Waals surface area contributed by atoms with Gasteiger partial charge in [-0.05, 0) is 29.7 Å². The van der Waals surface area contributed by atoms with Gasteiger partial charge in [0.15, 0.2) is 0 Å². The van der Waals surface area contributed by atoms with E-state index in [4.69, 9.17) is 4.74 Å². The van der Waals surface area contributed by atoms with Gasteiger partial charge in [0, 0.05) is 12.6 Å². The maximum atomic E-state index is 13.1. The Labute approximate surface area is 119 Å². The monoisotopic (exact) mass is 273 g/mol. The van der Waals surface area contributed by atoms with E-state index in [9.17, 15) is 4.39 Å². The van der Waals surface area contributed by atoms with Crippen molar-refractivity contribution < 1.29 is 9.13 Å². The number of benzene rings is 2. The Hall–Kier alpha value is -1.87. The van der Waals surface area contributed by atoms with E-state index < -0.39 is 0 Å². The lowest BCUT2D eigenvalue weighted by Gasteiger charge is -2.15. The molecule has 106 valence electrons. The molecule has 0 spiro atoms. The number of methoxy groups -OCH3 is 1. The number of hydrogen-bond donors (Lipinski definition) is 1. The highest BCUT2D eigenvalue weighted by atomic mass is 19.1. The Morgan fingerprint density at radius 3 is 2.30 bits per heavy atom.